The first-order chi connectivity index (χ1) is 26.1. The van der Waals surface area contributed by atoms with Gasteiger partial charge in [-0.1, -0.05) is 41.9 Å². The van der Waals surface area contributed by atoms with Gasteiger partial charge in [0.2, 0.25) is 0 Å². The molecule has 0 spiro atoms. The molecule has 54 heavy (non-hydrogen) atoms. The second kappa shape index (κ2) is 17.6. The van der Waals surface area contributed by atoms with Crippen LogP contribution in [0.5, 0.6) is 17.2 Å². The molecule has 0 bridgehead atoms. The summed E-state index contributed by atoms with van der Waals surface area (Å²) in [6, 6.07) is 19.6. The molecular formula is C42H47ClN4O7. The zero-order valence-corrected chi connectivity index (χ0v) is 31.4. The zero-order chi connectivity index (χ0) is 38.2. The van der Waals surface area contributed by atoms with E-state index in [9.17, 15) is 25.4 Å². The summed E-state index contributed by atoms with van der Waals surface area (Å²) < 4.78 is 19.1. The number of nitriles is 1. The SMILES string of the molecule is Cc1c(OCCCN2CCC(O)CC2)cccc1-c1cccc2c1CC[C@@H]2Oc1cc(OCc2cncc(C#N)c2)c(CNC(C)(CO)C(=O)O)cc1Cl. The molecule has 11 nitrogen and oxygen atoms in total. The van der Waals surface area contributed by atoms with Gasteiger partial charge < -0.3 is 34.4 Å². The third-order valence-electron chi connectivity index (χ3n) is 10.4. The van der Waals surface area contributed by atoms with E-state index in [1.807, 2.05) is 18.2 Å². The largest absolute Gasteiger partial charge is 0.493 e. The highest BCUT2D eigenvalue weighted by Crippen LogP contribution is 2.44. The van der Waals surface area contributed by atoms with Crippen molar-refractivity contribution in [3.8, 4) is 34.4 Å². The summed E-state index contributed by atoms with van der Waals surface area (Å²) in [5, 5.41) is 41.8. The number of benzene rings is 3. The van der Waals surface area contributed by atoms with E-state index >= 15 is 0 Å². The Kier molecular flexibility index (Phi) is 12.7. The number of fused-ring (bicyclic) bond motifs is 1. The average molecular weight is 755 g/mol. The van der Waals surface area contributed by atoms with Crippen LogP contribution in [0.3, 0.4) is 0 Å². The Morgan fingerprint density at radius 2 is 1.83 bits per heavy atom. The number of piperidine rings is 1. The van der Waals surface area contributed by atoms with Crippen molar-refractivity contribution in [1.29, 1.82) is 5.26 Å². The smallest absolute Gasteiger partial charge is 0.326 e. The van der Waals surface area contributed by atoms with E-state index in [1.54, 1.807) is 24.4 Å². The highest BCUT2D eigenvalue weighted by atomic mass is 35.5. The van der Waals surface area contributed by atoms with Crippen LogP contribution in [-0.4, -0.2) is 75.7 Å². The minimum atomic E-state index is -1.59. The molecule has 2 atom stereocenters. The van der Waals surface area contributed by atoms with Gasteiger partial charge in [-0.2, -0.15) is 5.26 Å². The van der Waals surface area contributed by atoms with Gasteiger partial charge in [0.05, 0.1) is 29.9 Å². The molecule has 4 N–H and O–H groups in total. The molecule has 3 aromatic carbocycles. The molecule has 0 radical (unpaired) electrons. The van der Waals surface area contributed by atoms with E-state index in [0.29, 0.717) is 39.8 Å². The first-order valence-corrected chi connectivity index (χ1v) is 18.8. The van der Waals surface area contributed by atoms with Crippen LogP contribution in [0.15, 0.2) is 67.0 Å². The van der Waals surface area contributed by atoms with Gasteiger partial charge in [0.15, 0.2) is 0 Å². The van der Waals surface area contributed by atoms with Gasteiger partial charge in [-0.25, -0.2) is 0 Å². The summed E-state index contributed by atoms with van der Waals surface area (Å²) in [5.41, 5.74) is 5.69. The van der Waals surface area contributed by atoms with E-state index < -0.39 is 18.1 Å². The fourth-order valence-corrected chi connectivity index (χ4v) is 7.27. The number of hydrogen-bond acceptors (Lipinski definition) is 10. The highest BCUT2D eigenvalue weighted by molar-refractivity contribution is 6.32. The lowest BCUT2D eigenvalue weighted by molar-refractivity contribution is -0.145. The number of nitrogens with zero attached hydrogens (tertiary/aromatic N) is 3. The van der Waals surface area contributed by atoms with Crippen molar-refractivity contribution in [3.05, 3.63) is 105 Å². The van der Waals surface area contributed by atoms with Gasteiger partial charge >= 0.3 is 5.97 Å². The number of nitrogens with one attached hydrogen (secondary N) is 1. The normalized spacial score (nSPS) is 17.0. The molecule has 4 aromatic rings. The summed E-state index contributed by atoms with van der Waals surface area (Å²) in [5.74, 6) is 0.497. The number of aromatic nitrogens is 1. The Bertz CT molecular complexity index is 1990. The lowest BCUT2D eigenvalue weighted by atomic mass is 9.93. The van der Waals surface area contributed by atoms with Crippen molar-refractivity contribution in [1.82, 2.24) is 15.2 Å². The average Bonchev–Trinajstić information content (AvgIpc) is 3.60. The van der Waals surface area contributed by atoms with E-state index in [2.05, 4.69) is 46.4 Å². The topological polar surface area (TPSA) is 157 Å². The van der Waals surface area contributed by atoms with E-state index in [1.165, 1.54) is 18.7 Å². The molecule has 1 saturated heterocycles. The lowest BCUT2D eigenvalue weighted by Gasteiger charge is -2.29. The van der Waals surface area contributed by atoms with Gasteiger partial charge in [0.1, 0.15) is 41.6 Å². The number of aliphatic hydroxyl groups is 2. The summed E-state index contributed by atoms with van der Waals surface area (Å²) in [4.78, 5) is 18.4. The zero-order valence-electron chi connectivity index (χ0n) is 30.7. The maximum absolute atomic E-state index is 11.9. The minimum absolute atomic E-state index is 0.0381. The molecule has 12 heteroatoms. The second-order valence-electron chi connectivity index (χ2n) is 14.2. The maximum Gasteiger partial charge on any atom is 0.326 e. The predicted molar refractivity (Wildman–Crippen MR) is 205 cm³/mol. The number of aliphatic carboxylic acids is 1. The van der Waals surface area contributed by atoms with Crippen LogP contribution in [0.4, 0.5) is 0 Å². The van der Waals surface area contributed by atoms with Crippen molar-refractivity contribution < 1.29 is 34.3 Å². The first kappa shape index (κ1) is 39.0. The Morgan fingerprint density at radius 3 is 2.59 bits per heavy atom. The number of carboxylic acid groups (broad SMARTS) is 1. The highest BCUT2D eigenvalue weighted by Gasteiger charge is 2.33. The summed E-state index contributed by atoms with van der Waals surface area (Å²) in [7, 11) is 0. The molecule has 1 aliphatic heterocycles. The molecule has 1 unspecified atom stereocenters. The number of rotatable bonds is 16. The van der Waals surface area contributed by atoms with Gasteiger partial charge in [0, 0.05) is 55.8 Å². The van der Waals surface area contributed by atoms with Crippen LogP contribution < -0.4 is 19.5 Å². The Balaban J connectivity index is 1.19. The minimum Gasteiger partial charge on any atom is -0.493 e. The number of hydrogen-bond donors (Lipinski definition) is 4. The van der Waals surface area contributed by atoms with Gasteiger partial charge in [0.25, 0.3) is 0 Å². The third-order valence-corrected chi connectivity index (χ3v) is 10.7. The van der Waals surface area contributed by atoms with E-state index in [4.69, 9.17) is 25.8 Å². The van der Waals surface area contributed by atoms with Crippen molar-refractivity contribution in [2.75, 3.05) is 32.8 Å². The van der Waals surface area contributed by atoms with Crippen molar-refractivity contribution in [2.45, 2.75) is 76.9 Å². The number of likely N-dealkylation sites (tertiary alicyclic amines) is 1. The third kappa shape index (κ3) is 9.14. The standard InChI is InChI=1S/C42H47ClN4O7/c1-27-32(6-4-9-37(27)52-17-5-14-47-15-12-31(49)13-16-47)33-7-3-8-35-34(33)10-11-38(35)54-40-20-39(53-25-29-18-28(21-44)22-45-23-29)30(19-36(40)43)24-46-42(2,26-48)41(50)51/h3-4,6-9,18-20,22-23,31,38,46,48-49H,5,10-17,24-26H2,1-2H3,(H,50,51)/t38-,42?/m0/s1. The van der Waals surface area contributed by atoms with Crippen LogP contribution in [0.2, 0.25) is 5.02 Å². The van der Waals surface area contributed by atoms with Crippen LogP contribution in [-0.2, 0) is 24.4 Å². The molecular weight excluding hydrogens is 708 g/mol. The molecule has 284 valence electrons. The summed E-state index contributed by atoms with van der Waals surface area (Å²) in [6.45, 7) is 6.45. The Labute approximate surface area is 321 Å². The molecule has 2 aliphatic rings. The van der Waals surface area contributed by atoms with Crippen LogP contribution in [0, 0.1) is 18.3 Å². The fraction of sp³-hybridized carbons (Fsp3) is 0.405. The summed E-state index contributed by atoms with van der Waals surface area (Å²) in [6.07, 6.45) is 6.78. The fourth-order valence-electron chi connectivity index (χ4n) is 7.04. The van der Waals surface area contributed by atoms with Crippen molar-refractivity contribution >= 4 is 17.6 Å². The first-order valence-electron chi connectivity index (χ1n) is 18.4. The van der Waals surface area contributed by atoms with Crippen LogP contribution in [0.1, 0.15) is 72.1 Å². The molecule has 1 aromatic heterocycles. The van der Waals surface area contributed by atoms with Gasteiger partial charge in [-0.3, -0.25) is 15.1 Å². The van der Waals surface area contributed by atoms with Crippen LogP contribution in [0.25, 0.3) is 11.1 Å². The predicted octanol–water partition coefficient (Wildman–Crippen LogP) is 6.38. The van der Waals surface area contributed by atoms with Gasteiger partial charge in [-0.05, 0) is 92.0 Å². The quantitative estimate of drug-likeness (QED) is 0.0942. The second-order valence-corrected chi connectivity index (χ2v) is 14.7. The molecule has 1 aliphatic carbocycles. The Morgan fingerprint density at radius 1 is 1.06 bits per heavy atom. The molecule has 1 fully saturated rings. The number of carbonyl (C=O) groups is 1. The molecule has 0 amide bonds. The van der Waals surface area contributed by atoms with Crippen molar-refractivity contribution in [3.63, 3.8) is 0 Å². The molecule has 2 heterocycles. The monoisotopic (exact) mass is 754 g/mol. The summed E-state index contributed by atoms with van der Waals surface area (Å²) >= 11 is 6.83. The number of pyridine rings is 1. The maximum atomic E-state index is 11.9. The number of aliphatic hydroxyl groups excluding tert-OH is 2. The van der Waals surface area contributed by atoms with E-state index in [0.717, 1.165) is 79.7 Å². The number of ether oxygens (including phenoxy) is 3. The van der Waals surface area contributed by atoms with Crippen LogP contribution >= 0.6 is 11.6 Å². The Hall–Kier alpha value is -4.70. The van der Waals surface area contributed by atoms with Gasteiger partial charge in [-0.15, -0.1) is 0 Å². The molecule has 6 rings (SSSR count). The number of carboxylic acids is 1. The lowest BCUT2D eigenvalue weighted by Crippen LogP contribution is -2.52. The van der Waals surface area contributed by atoms with Crippen molar-refractivity contribution in [2.24, 2.45) is 0 Å². The number of halogens is 1. The van der Waals surface area contributed by atoms with E-state index in [-0.39, 0.29) is 25.4 Å². The molecule has 0 saturated carbocycles.